The fourth-order valence-electron chi connectivity index (χ4n) is 4.19. The SMILES string of the molecule is CCCCOc1ccc(CC(CC(=O)N[C@@H]2C(=O)N3[C@@H]2SC(C)(C)[C@@H]3C(=O)O)C(=O)O)cc1. The molecule has 0 radical (unpaired) electrons. The van der Waals surface area contributed by atoms with Crippen LogP contribution in [0, 0.1) is 5.92 Å². The van der Waals surface area contributed by atoms with Gasteiger partial charge in [-0.25, -0.2) is 4.79 Å². The number of hydrogen-bond donors (Lipinski definition) is 3. The molecule has 2 aliphatic rings. The van der Waals surface area contributed by atoms with Gasteiger partial charge in [0.25, 0.3) is 0 Å². The van der Waals surface area contributed by atoms with Gasteiger partial charge in [-0.1, -0.05) is 25.5 Å². The van der Waals surface area contributed by atoms with Crippen molar-refractivity contribution in [1.29, 1.82) is 0 Å². The average molecular weight is 479 g/mol. The van der Waals surface area contributed by atoms with E-state index in [9.17, 15) is 29.4 Å². The van der Waals surface area contributed by atoms with E-state index in [0.717, 1.165) is 18.4 Å². The molecule has 0 bridgehead atoms. The van der Waals surface area contributed by atoms with E-state index < -0.39 is 51.9 Å². The molecule has 2 saturated heterocycles. The molecular formula is C23H30N2O7S. The average Bonchev–Trinajstić information content (AvgIpc) is 3.01. The topological polar surface area (TPSA) is 133 Å². The number of aliphatic carboxylic acids is 2. The molecule has 2 fully saturated rings. The van der Waals surface area contributed by atoms with Crippen molar-refractivity contribution in [2.45, 2.75) is 68.7 Å². The van der Waals surface area contributed by atoms with E-state index in [4.69, 9.17) is 4.74 Å². The lowest BCUT2D eigenvalue weighted by Crippen LogP contribution is -2.70. The van der Waals surface area contributed by atoms with Crippen LogP contribution in [0.15, 0.2) is 24.3 Å². The summed E-state index contributed by atoms with van der Waals surface area (Å²) in [6.45, 7) is 6.20. The smallest absolute Gasteiger partial charge is 0.327 e. The number of thioether (sulfide) groups is 1. The summed E-state index contributed by atoms with van der Waals surface area (Å²) in [7, 11) is 0. The van der Waals surface area contributed by atoms with Crippen molar-refractivity contribution in [3.8, 4) is 5.75 Å². The van der Waals surface area contributed by atoms with Gasteiger partial charge in [0, 0.05) is 11.2 Å². The van der Waals surface area contributed by atoms with Gasteiger partial charge in [-0.3, -0.25) is 14.4 Å². The van der Waals surface area contributed by atoms with Gasteiger partial charge in [0.05, 0.1) is 12.5 Å². The van der Waals surface area contributed by atoms with E-state index in [-0.39, 0.29) is 12.8 Å². The van der Waals surface area contributed by atoms with Crippen LogP contribution in [0.1, 0.15) is 45.6 Å². The third-order valence-electron chi connectivity index (χ3n) is 5.94. The molecule has 1 aromatic rings. The van der Waals surface area contributed by atoms with Gasteiger partial charge in [0.2, 0.25) is 11.8 Å². The number of hydrogen-bond acceptors (Lipinski definition) is 6. The lowest BCUT2D eigenvalue weighted by atomic mass is 9.94. The Labute approximate surface area is 196 Å². The van der Waals surface area contributed by atoms with Crippen LogP contribution in [0.5, 0.6) is 5.75 Å². The van der Waals surface area contributed by atoms with Gasteiger partial charge in [0.15, 0.2) is 0 Å². The van der Waals surface area contributed by atoms with E-state index in [1.54, 1.807) is 38.1 Å². The molecular weight excluding hydrogens is 448 g/mol. The van der Waals surface area contributed by atoms with Crippen LogP contribution in [0.3, 0.4) is 0 Å². The van der Waals surface area contributed by atoms with Crippen LogP contribution < -0.4 is 10.1 Å². The maximum absolute atomic E-state index is 12.6. The fraction of sp³-hybridized carbons (Fsp3) is 0.565. The second-order valence-electron chi connectivity index (χ2n) is 8.93. The molecule has 4 atom stereocenters. The van der Waals surface area contributed by atoms with Crippen molar-refractivity contribution in [2.24, 2.45) is 5.92 Å². The summed E-state index contributed by atoms with van der Waals surface area (Å²) in [6.07, 6.45) is 1.86. The molecule has 33 heavy (non-hydrogen) atoms. The zero-order valence-corrected chi connectivity index (χ0v) is 19.8. The zero-order chi connectivity index (χ0) is 24.3. The van der Waals surface area contributed by atoms with Crippen molar-refractivity contribution >= 4 is 35.5 Å². The Bertz CT molecular complexity index is 918. The van der Waals surface area contributed by atoms with Crippen LogP contribution in [0.25, 0.3) is 0 Å². The number of nitrogens with one attached hydrogen (secondary N) is 1. The summed E-state index contributed by atoms with van der Waals surface area (Å²) in [5.41, 5.74) is 0.765. The maximum atomic E-state index is 12.6. The normalized spacial score (nSPS) is 23.9. The van der Waals surface area contributed by atoms with Gasteiger partial charge in [0.1, 0.15) is 23.2 Å². The molecule has 3 rings (SSSR count). The molecule has 0 saturated carbocycles. The Kier molecular flexibility index (Phi) is 7.56. The third-order valence-corrected chi connectivity index (χ3v) is 7.52. The lowest BCUT2D eigenvalue weighted by Gasteiger charge is -2.43. The molecule has 0 aliphatic carbocycles. The van der Waals surface area contributed by atoms with E-state index in [2.05, 4.69) is 12.2 Å². The number of carboxylic acids is 2. The number of carbonyl (C=O) groups is 4. The minimum absolute atomic E-state index is 0.162. The number of ether oxygens (including phenoxy) is 1. The van der Waals surface area contributed by atoms with Gasteiger partial charge < -0.3 is 25.2 Å². The number of carboxylic acid groups (broad SMARTS) is 2. The number of β-lactam (4-membered cyclic amide) rings is 1. The molecule has 10 heteroatoms. The minimum Gasteiger partial charge on any atom is -0.494 e. The van der Waals surface area contributed by atoms with E-state index in [1.165, 1.54) is 16.7 Å². The lowest BCUT2D eigenvalue weighted by molar-refractivity contribution is -0.161. The van der Waals surface area contributed by atoms with Gasteiger partial charge in [-0.05, 0) is 44.4 Å². The van der Waals surface area contributed by atoms with Crippen LogP contribution in [-0.2, 0) is 25.6 Å². The fourth-order valence-corrected chi connectivity index (χ4v) is 5.81. The largest absolute Gasteiger partial charge is 0.494 e. The monoisotopic (exact) mass is 478 g/mol. The number of nitrogens with zero attached hydrogens (tertiary/aromatic N) is 1. The van der Waals surface area contributed by atoms with Crippen LogP contribution >= 0.6 is 11.8 Å². The van der Waals surface area contributed by atoms with E-state index in [0.29, 0.717) is 12.4 Å². The highest BCUT2D eigenvalue weighted by atomic mass is 32.2. The Hall–Kier alpha value is -2.75. The van der Waals surface area contributed by atoms with Crippen molar-refractivity contribution in [2.75, 3.05) is 6.61 Å². The van der Waals surface area contributed by atoms with Crippen molar-refractivity contribution in [3.05, 3.63) is 29.8 Å². The van der Waals surface area contributed by atoms with Crippen molar-refractivity contribution in [3.63, 3.8) is 0 Å². The first kappa shape index (κ1) is 24.9. The Balaban J connectivity index is 1.57. The standard InChI is InChI=1S/C23H30N2O7S/c1-4-5-10-32-15-8-6-13(7-9-15)11-14(21(28)29)12-16(26)24-17-19(27)25-18(22(30)31)23(2,3)33-20(17)25/h6-9,14,17-18,20H,4-5,10-12H2,1-3H3,(H,24,26)(H,28,29)(H,30,31)/t14?,17-,18+,20-/m1/s1. The molecule has 9 nitrogen and oxygen atoms in total. The molecule has 2 heterocycles. The summed E-state index contributed by atoms with van der Waals surface area (Å²) in [4.78, 5) is 49.7. The number of fused-ring (bicyclic) bond motifs is 1. The second-order valence-corrected chi connectivity index (χ2v) is 10.7. The summed E-state index contributed by atoms with van der Waals surface area (Å²) in [5.74, 6) is -3.43. The number of unbranched alkanes of at least 4 members (excludes halogenated alkanes) is 1. The van der Waals surface area contributed by atoms with Crippen molar-refractivity contribution < 1.29 is 34.1 Å². The second kappa shape index (κ2) is 10.0. The first-order chi connectivity index (χ1) is 15.5. The highest BCUT2D eigenvalue weighted by Crippen LogP contribution is 2.50. The summed E-state index contributed by atoms with van der Waals surface area (Å²) in [6, 6.07) is 5.32. The van der Waals surface area contributed by atoms with E-state index >= 15 is 0 Å². The van der Waals surface area contributed by atoms with Gasteiger partial charge >= 0.3 is 11.9 Å². The number of carbonyl (C=O) groups excluding carboxylic acids is 2. The van der Waals surface area contributed by atoms with Crippen LogP contribution in [0.2, 0.25) is 0 Å². The van der Waals surface area contributed by atoms with E-state index in [1.807, 2.05) is 0 Å². The Morgan fingerprint density at radius 3 is 2.45 bits per heavy atom. The molecule has 180 valence electrons. The molecule has 1 unspecified atom stereocenters. The highest BCUT2D eigenvalue weighted by Gasteiger charge is 2.64. The van der Waals surface area contributed by atoms with Crippen LogP contribution in [-0.4, -0.2) is 67.7 Å². The van der Waals surface area contributed by atoms with Gasteiger partial charge in [-0.2, -0.15) is 0 Å². The Morgan fingerprint density at radius 2 is 1.88 bits per heavy atom. The first-order valence-electron chi connectivity index (χ1n) is 11.0. The van der Waals surface area contributed by atoms with Crippen molar-refractivity contribution in [1.82, 2.24) is 10.2 Å². The van der Waals surface area contributed by atoms with Gasteiger partial charge in [-0.15, -0.1) is 11.8 Å². The quantitative estimate of drug-likeness (QED) is 0.325. The molecule has 0 spiro atoms. The van der Waals surface area contributed by atoms with Crippen LogP contribution in [0.4, 0.5) is 0 Å². The number of amides is 2. The molecule has 1 aromatic carbocycles. The number of rotatable bonds is 11. The summed E-state index contributed by atoms with van der Waals surface area (Å²) in [5, 5.41) is 21.2. The predicted octanol–water partition coefficient (Wildman–Crippen LogP) is 2.13. The predicted molar refractivity (Wildman–Crippen MR) is 122 cm³/mol. The molecule has 0 aromatic heterocycles. The highest BCUT2D eigenvalue weighted by molar-refractivity contribution is 8.01. The summed E-state index contributed by atoms with van der Waals surface area (Å²) < 4.78 is 4.91. The number of benzene rings is 1. The molecule has 2 amide bonds. The summed E-state index contributed by atoms with van der Waals surface area (Å²) >= 11 is 1.33. The zero-order valence-electron chi connectivity index (χ0n) is 18.9. The maximum Gasteiger partial charge on any atom is 0.327 e. The first-order valence-corrected chi connectivity index (χ1v) is 11.9. The minimum atomic E-state index is -1.10. The molecule has 3 N–H and O–H groups in total. The molecule has 2 aliphatic heterocycles. The Morgan fingerprint density at radius 1 is 1.21 bits per heavy atom. The third kappa shape index (κ3) is 5.43.